The molecule has 0 aromatic heterocycles. The Kier molecular flexibility index (Phi) is 4.13. The number of phenols is 1. The van der Waals surface area contributed by atoms with E-state index in [0.717, 1.165) is 11.3 Å². The average molecular weight is 275 g/mol. The molecule has 0 bridgehead atoms. The minimum absolute atomic E-state index is 0.0671. The summed E-state index contributed by atoms with van der Waals surface area (Å²) in [6.07, 6.45) is 0. The van der Waals surface area contributed by atoms with Gasteiger partial charge in [-0.2, -0.15) is 0 Å². The summed E-state index contributed by atoms with van der Waals surface area (Å²) in [5.74, 6) is 0.410. The fourth-order valence-corrected chi connectivity index (χ4v) is 2.10. The number of methoxy groups -OCH3 is 1. The maximum atomic E-state index is 13.3. The van der Waals surface area contributed by atoms with Crippen LogP contribution in [0.3, 0.4) is 0 Å². The molecule has 0 aliphatic rings. The molecule has 2 aromatic carbocycles. The summed E-state index contributed by atoms with van der Waals surface area (Å²) in [5.41, 5.74) is 2.40. The quantitative estimate of drug-likeness (QED) is 0.885. The Balaban J connectivity index is 2.27. The number of benzene rings is 2. The SMILES string of the molecule is COc1cc(C)ccc1NC(C)c1cc(F)ccc1O. The van der Waals surface area contributed by atoms with E-state index < -0.39 is 0 Å². The number of halogens is 1. The van der Waals surface area contributed by atoms with Crippen LogP contribution >= 0.6 is 0 Å². The molecule has 4 heteroatoms. The van der Waals surface area contributed by atoms with Crippen molar-refractivity contribution in [2.75, 3.05) is 12.4 Å². The van der Waals surface area contributed by atoms with Gasteiger partial charge in [-0.05, 0) is 49.7 Å². The molecule has 0 radical (unpaired) electrons. The van der Waals surface area contributed by atoms with Crippen LogP contribution in [-0.4, -0.2) is 12.2 Å². The smallest absolute Gasteiger partial charge is 0.142 e. The minimum atomic E-state index is -0.373. The summed E-state index contributed by atoms with van der Waals surface area (Å²) in [4.78, 5) is 0. The van der Waals surface area contributed by atoms with Crippen LogP contribution in [0.5, 0.6) is 11.5 Å². The van der Waals surface area contributed by atoms with Crippen LogP contribution in [0.4, 0.5) is 10.1 Å². The maximum Gasteiger partial charge on any atom is 0.142 e. The van der Waals surface area contributed by atoms with Crippen molar-refractivity contribution in [3.8, 4) is 11.5 Å². The van der Waals surface area contributed by atoms with Gasteiger partial charge in [-0.3, -0.25) is 0 Å². The minimum Gasteiger partial charge on any atom is -0.508 e. The van der Waals surface area contributed by atoms with Crippen LogP contribution in [0.25, 0.3) is 0 Å². The first-order chi connectivity index (χ1) is 9.51. The second-order valence-electron chi connectivity index (χ2n) is 4.77. The number of aromatic hydroxyl groups is 1. The van der Waals surface area contributed by atoms with Gasteiger partial charge in [0.15, 0.2) is 0 Å². The van der Waals surface area contributed by atoms with Crippen LogP contribution < -0.4 is 10.1 Å². The van der Waals surface area contributed by atoms with Gasteiger partial charge in [-0.15, -0.1) is 0 Å². The summed E-state index contributed by atoms with van der Waals surface area (Å²) >= 11 is 0. The lowest BCUT2D eigenvalue weighted by Gasteiger charge is -2.19. The molecule has 0 saturated heterocycles. The van der Waals surface area contributed by atoms with Gasteiger partial charge >= 0.3 is 0 Å². The van der Waals surface area contributed by atoms with Crippen molar-refractivity contribution in [3.63, 3.8) is 0 Å². The Morgan fingerprint density at radius 2 is 1.95 bits per heavy atom. The lowest BCUT2D eigenvalue weighted by molar-refractivity contribution is 0.415. The average Bonchev–Trinajstić information content (AvgIpc) is 2.43. The van der Waals surface area contributed by atoms with Crippen molar-refractivity contribution < 1.29 is 14.2 Å². The van der Waals surface area contributed by atoms with Crippen molar-refractivity contribution >= 4 is 5.69 Å². The van der Waals surface area contributed by atoms with E-state index in [9.17, 15) is 9.50 Å². The van der Waals surface area contributed by atoms with E-state index in [4.69, 9.17) is 4.74 Å². The number of nitrogens with one attached hydrogen (secondary N) is 1. The lowest BCUT2D eigenvalue weighted by Crippen LogP contribution is -2.08. The Morgan fingerprint density at radius 3 is 2.65 bits per heavy atom. The molecule has 2 aromatic rings. The topological polar surface area (TPSA) is 41.5 Å². The molecule has 2 rings (SSSR count). The fraction of sp³-hybridized carbons (Fsp3) is 0.250. The Labute approximate surface area is 118 Å². The third-order valence-electron chi connectivity index (χ3n) is 3.19. The van der Waals surface area contributed by atoms with E-state index in [-0.39, 0.29) is 17.6 Å². The van der Waals surface area contributed by atoms with Crippen LogP contribution in [0.15, 0.2) is 36.4 Å². The summed E-state index contributed by atoms with van der Waals surface area (Å²) in [7, 11) is 1.60. The number of phenolic OH excluding ortho intramolecular Hbond substituents is 1. The normalized spacial score (nSPS) is 12.0. The number of rotatable bonds is 4. The van der Waals surface area contributed by atoms with Gasteiger partial charge in [-0.1, -0.05) is 6.07 Å². The largest absolute Gasteiger partial charge is 0.508 e. The zero-order valence-electron chi connectivity index (χ0n) is 11.8. The second-order valence-corrected chi connectivity index (χ2v) is 4.77. The highest BCUT2D eigenvalue weighted by Gasteiger charge is 2.13. The third-order valence-corrected chi connectivity index (χ3v) is 3.19. The Bertz CT molecular complexity index is 613. The van der Waals surface area contributed by atoms with Crippen molar-refractivity contribution in [3.05, 3.63) is 53.3 Å². The molecule has 20 heavy (non-hydrogen) atoms. The summed E-state index contributed by atoms with van der Waals surface area (Å²) in [6.45, 7) is 3.84. The molecule has 1 unspecified atom stereocenters. The van der Waals surface area contributed by atoms with Crippen LogP contribution in [-0.2, 0) is 0 Å². The van der Waals surface area contributed by atoms with E-state index in [1.807, 2.05) is 32.0 Å². The highest BCUT2D eigenvalue weighted by molar-refractivity contribution is 5.59. The van der Waals surface area contributed by atoms with Crippen LogP contribution in [0, 0.1) is 12.7 Å². The van der Waals surface area contributed by atoms with Crippen LogP contribution in [0.1, 0.15) is 24.1 Å². The standard InChI is InChI=1S/C16H18FNO2/c1-10-4-6-14(16(8-10)20-3)18-11(2)13-9-12(17)5-7-15(13)19/h4-9,11,18-19H,1-3H3. The molecule has 1 atom stereocenters. The molecule has 0 spiro atoms. The predicted octanol–water partition coefficient (Wildman–Crippen LogP) is 4.02. The number of anilines is 1. The molecule has 106 valence electrons. The van der Waals surface area contributed by atoms with Gasteiger partial charge in [0.2, 0.25) is 0 Å². The molecule has 0 heterocycles. The van der Waals surface area contributed by atoms with Crippen molar-refractivity contribution in [1.29, 1.82) is 0 Å². The molecule has 0 aliphatic carbocycles. The lowest BCUT2D eigenvalue weighted by atomic mass is 10.1. The summed E-state index contributed by atoms with van der Waals surface area (Å²) < 4.78 is 18.6. The molecule has 3 nitrogen and oxygen atoms in total. The number of hydrogen-bond acceptors (Lipinski definition) is 3. The molecule has 0 fully saturated rings. The highest BCUT2D eigenvalue weighted by Crippen LogP contribution is 2.32. The van der Waals surface area contributed by atoms with E-state index in [0.29, 0.717) is 11.3 Å². The maximum absolute atomic E-state index is 13.3. The Morgan fingerprint density at radius 1 is 1.20 bits per heavy atom. The number of hydrogen-bond donors (Lipinski definition) is 2. The monoisotopic (exact) mass is 275 g/mol. The molecule has 2 N–H and O–H groups in total. The van der Waals surface area contributed by atoms with Gasteiger partial charge in [0, 0.05) is 5.56 Å². The van der Waals surface area contributed by atoms with E-state index in [1.54, 1.807) is 7.11 Å². The third kappa shape index (κ3) is 3.02. The number of aryl methyl sites for hydroxylation is 1. The van der Waals surface area contributed by atoms with Crippen molar-refractivity contribution in [2.45, 2.75) is 19.9 Å². The van der Waals surface area contributed by atoms with Crippen molar-refractivity contribution in [1.82, 2.24) is 0 Å². The first-order valence-corrected chi connectivity index (χ1v) is 6.41. The Hall–Kier alpha value is -2.23. The van der Waals surface area contributed by atoms with E-state index >= 15 is 0 Å². The predicted molar refractivity (Wildman–Crippen MR) is 77.8 cm³/mol. The summed E-state index contributed by atoms with van der Waals surface area (Å²) in [6, 6.07) is 9.45. The van der Waals surface area contributed by atoms with Gasteiger partial charge in [0.25, 0.3) is 0 Å². The number of ether oxygens (including phenoxy) is 1. The highest BCUT2D eigenvalue weighted by atomic mass is 19.1. The van der Waals surface area contributed by atoms with Gasteiger partial charge < -0.3 is 15.2 Å². The molecular weight excluding hydrogens is 257 g/mol. The molecular formula is C16H18FNO2. The van der Waals surface area contributed by atoms with Gasteiger partial charge in [0.05, 0.1) is 18.8 Å². The molecule has 0 aliphatic heterocycles. The second kappa shape index (κ2) is 5.82. The zero-order valence-corrected chi connectivity index (χ0v) is 11.8. The zero-order chi connectivity index (χ0) is 14.7. The van der Waals surface area contributed by atoms with Gasteiger partial charge in [-0.25, -0.2) is 4.39 Å². The first-order valence-electron chi connectivity index (χ1n) is 6.41. The van der Waals surface area contributed by atoms with Gasteiger partial charge in [0.1, 0.15) is 17.3 Å². The van der Waals surface area contributed by atoms with E-state index in [1.165, 1.54) is 18.2 Å². The molecule has 0 saturated carbocycles. The van der Waals surface area contributed by atoms with Crippen LogP contribution in [0.2, 0.25) is 0 Å². The van der Waals surface area contributed by atoms with E-state index in [2.05, 4.69) is 5.32 Å². The summed E-state index contributed by atoms with van der Waals surface area (Å²) in [5, 5.41) is 13.0. The fourth-order valence-electron chi connectivity index (χ4n) is 2.10. The molecule has 0 amide bonds. The first kappa shape index (κ1) is 14.2. The van der Waals surface area contributed by atoms with Crippen molar-refractivity contribution in [2.24, 2.45) is 0 Å².